The highest BCUT2D eigenvalue weighted by Crippen LogP contribution is 2.43. The van der Waals surface area contributed by atoms with Crippen molar-refractivity contribution in [2.75, 3.05) is 14.2 Å². The van der Waals surface area contributed by atoms with Crippen molar-refractivity contribution < 1.29 is 14.0 Å². The van der Waals surface area contributed by atoms with Gasteiger partial charge in [0.2, 0.25) is 6.33 Å². The zero-order chi connectivity index (χ0) is 31.3. The predicted molar refractivity (Wildman–Crippen MR) is 173 cm³/mol. The molecule has 0 bridgehead atoms. The SMILES string of the molecule is COc1c(C(C)(C)C)cc([C@@H](C)n2cc[n+]([C@H](C)c3cc(C(C)(C)C)c(OC)c(C(C)(C)C)c3)c2)cc1C(C)(C)C. The van der Waals surface area contributed by atoms with Crippen molar-refractivity contribution in [2.24, 2.45) is 0 Å². The van der Waals surface area contributed by atoms with Crippen LogP contribution in [0.3, 0.4) is 0 Å². The molecule has 0 N–H and O–H groups in total. The van der Waals surface area contributed by atoms with E-state index in [0.717, 1.165) is 11.5 Å². The average Bonchev–Trinajstić information content (AvgIpc) is 3.34. The normalized spacial score (nSPS) is 14.6. The summed E-state index contributed by atoms with van der Waals surface area (Å²) in [6.07, 6.45) is 6.67. The average molecular weight is 562 g/mol. The zero-order valence-electron chi connectivity index (χ0n) is 28.9. The monoisotopic (exact) mass is 561 g/mol. The van der Waals surface area contributed by atoms with E-state index >= 15 is 0 Å². The Labute approximate surface area is 251 Å². The highest BCUT2D eigenvalue weighted by molar-refractivity contribution is 5.52. The number of hydrogen-bond donors (Lipinski definition) is 0. The molecule has 0 saturated carbocycles. The molecule has 0 saturated heterocycles. The minimum absolute atomic E-state index is 0.0317. The second-order valence-corrected chi connectivity index (χ2v) is 16.0. The largest absolute Gasteiger partial charge is 0.496 e. The van der Waals surface area contributed by atoms with Crippen LogP contribution in [-0.4, -0.2) is 18.8 Å². The van der Waals surface area contributed by atoms with Crippen molar-refractivity contribution in [1.82, 2.24) is 4.57 Å². The Morgan fingerprint density at radius 1 is 0.585 bits per heavy atom. The molecular weight excluding hydrogens is 504 g/mol. The van der Waals surface area contributed by atoms with Gasteiger partial charge in [0.05, 0.1) is 14.2 Å². The van der Waals surface area contributed by atoms with Crippen LogP contribution in [0.2, 0.25) is 0 Å². The Kier molecular flexibility index (Phi) is 8.91. The van der Waals surface area contributed by atoms with Crippen LogP contribution in [0, 0.1) is 0 Å². The number of rotatable bonds is 6. The number of methoxy groups -OCH3 is 2. The van der Waals surface area contributed by atoms with Crippen LogP contribution in [0.25, 0.3) is 0 Å². The summed E-state index contributed by atoms with van der Waals surface area (Å²) in [7, 11) is 3.60. The van der Waals surface area contributed by atoms with Gasteiger partial charge >= 0.3 is 0 Å². The molecule has 41 heavy (non-hydrogen) atoms. The molecule has 3 aromatic rings. The smallest absolute Gasteiger partial charge is 0.244 e. The highest BCUT2D eigenvalue weighted by atomic mass is 16.5. The lowest BCUT2D eigenvalue weighted by molar-refractivity contribution is -0.710. The maximum absolute atomic E-state index is 6.02. The number of aromatic nitrogens is 2. The van der Waals surface area contributed by atoms with Crippen molar-refractivity contribution in [2.45, 2.75) is 131 Å². The van der Waals surface area contributed by atoms with Gasteiger partial charge in [0.15, 0.2) is 0 Å². The third kappa shape index (κ3) is 6.84. The molecule has 2 aromatic carbocycles. The Morgan fingerprint density at radius 2 is 0.927 bits per heavy atom. The van der Waals surface area contributed by atoms with E-state index in [9.17, 15) is 0 Å². The molecule has 4 nitrogen and oxygen atoms in total. The summed E-state index contributed by atoms with van der Waals surface area (Å²) >= 11 is 0. The van der Waals surface area contributed by atoms with Gasteiger partial charge in [-0.05, 0) is 70.9 Å². The van der Waals surface area contributed by atoms with Crippen molar-refractivity contribution in [3.05, 3.63) is 76.4 Å². The number of hydrogen-bond acceptors (Lipinski definition) is 2. The molecule has 0 aliphatic heterocycles. The van der Waals surface area contributed by atoms with Gasteiger partial charge < -0.3 is 9.47 Å². The molecule has 0 unspecified atom stereocenters. The minimum atomic E-state index is -0.0317. The van der Waals surface area contributed by atoms with Crippen LogP contribution in [0.1, 0.15) is 142 Å². The van der Waals surface area contributed by atoms with Crippen LogP contribution in [0.4, 0.5) is 0 Å². The van der Waals surface area contributed by atoms with E-state index in [4.69, 9.17) is 9.47 Å². The molecule has 0 radical (unpaired) electrons. The summed E-state index contributed by atoms with van der Waals surface area (Å²) in [5.74, 6) is 2.03. The first-order valence-corrected chi connectivity index (χ1v) is 15.1. The fourth-order valence-electron chi connectivity index (χ4n) is 5.64. The van der Waals surface area contributed by atoms with Crippen LogP contribution in [0.15, 0.2) is 43.0 Å². The summed E-state index contributed by atoms with van der Waals surface area (Å²) in [4.78, 5) is 0. The van der Waals surface area contributed by atoms with Crippen molar-refractivity contribution in [3.63, 3.8) is 0 Å². The van der Waals surface area contributed by atoms with E-state index in [1.807, 2.05) is 0 Å². The van der Waals surface area contributed by atoms with E-state index in [2.05, 4.69) is 149 Å². The Hall–Kier alpha value is -2.75. The maximum Gasteiger partial charge on any atom is 0.244 e. The van der Waals surface area contributed by atoms with Crippen molar-refractivity contribution in [1.29, 1.82) is 0 Å². The molecule has 2 atom stereocenters. The van der Waals surface area contributed by atoms with Gasteiger partial charge in [-0.15, -0.1) is 0 Å². The summed E-state index contributed by atoms with van der Waals surface area (Å²) in [6.45, 7) is 31.8. The summed E-state index contributed by atoms with van der Waals surface area (Å²) in [5.41, 5.74) is 7.49. The second kappa shape index (κ2) is 11.2. The van der Waals surface area contributed by atoms with E-state index in [-0.39, 0.29) is 33.7 Å². The number of imidazole rings is 1. The molecule has 0 fully saturated rings. The Morgan fingerprint density at radius 3 is 1.24 bits per heavy atom. The fourth-order valence-corrected chi connectivity index (χ4v) is 5.64. The van der Waals surface area contributed by atoms with E-state index < -0.39 is 0 Å². The Balaban J connectivity index is 2.11. The lowest BCUT2D eigenvalue weighted by atomic mass is 9.77. The summed E-state index contributed by atoms with van der Waals surface area (Å²) in [5, 5.41) is 0. The lowest BCUT2D eigenvalue weighted by Crippen LogP contribution is -2.37. The quantitative estimate of drug-likeness (QED) is 0.281. The molecule has 0 aliphatic carbocycles. The van der Waals surface area contributed by atoms with Crippen molar-refractivity contribution in [3.8, 4) is 11.5 Å². The zero-order valence-corrected chi connectivity index (χ0v) is 28.9. The first-order valence-electron chi connectivity index (χ1n) is 15.1. The van der Waals surface area contributed by atoms with Crippen molar-refractivity contribution >= 4 is 0 Å². The topological polar surface area (TPSA) is 27.3 Å². The van der Waals surface area contributed by atoms with E-state index in [1.165, 1.54) is 33.4 Å². The summed E-state index contributed by atoms with van der Waals surface area (Å²) in [6, 6.07) is 9.73. The lowest BCUT2D eigenvalue weighted by Gasteiger charge is -2.30. The van der Waals surface area contributed by atoms with E-state index in [1.54, 1.807) is 14.2 Å². The summed E-state index contributed by atoms with van der Waals surface area (Å²) < 4.78 is 16.7. The van der Waals surface area contributed by atoms with Gasteiger partial charge in [0.25, 0.3) is 0 Å². The van der Waals surface area contributed by atoms with Crippen LogP contribution >= 0.6 is 0 Å². The van der Waals surface area contributed by atoms with Gasteiger partial charge in [-0.3, -0.25) is 0 Å². The van der Waals surface area contributed by atoms with Gasteiger partial charge in [-0.1, -0.05) is 83.1 Å². The third-order valence-electron chi connectivity index (χ3n) is 8.40. The molecule has 1 aromatic heterocycles. The molecule has 226 valence electrons. The molecule has 0 aliphatic rings. The first kappa shape index (κ1) is 32.8. The van der Waals surface area contributed by atoms with Gasteiger partial charge in [-0.2, -0.15) is 0 Å². The third-order valence-corrected chi connectivity index (χ3v) is 8.40. The standard InChI is InChI=1S/C37H57N2O2/c1-24(26-19-28(34(3,4)5)32(40-15)29(20-26)35(6,7)8)38-17-18-39(23-38)25(2)27-21-30(36(9,10)11)33(41-16)31(22-27)37(12,13)14/h17-25H,1-16H3/q+1/t24-,25-/m1/s1. The van der Waals surface area contributed by atoms with Gasteiger partial charge in [0.1, 0.15) is 36.0 Å². The molecular formula is C37H57N2O2+. The minimum Gasteiger partial charge on any atom is -0.496 e. The number of ether oxygens (including phenoxy) is 2. The Bertz CT molecular complexity index is 1190. The van der Waals surface area contributed by atoms with Gasteiger partial charge in [0, 0.05) is 22.3 Å². The fraction of sp³-hybridized carbons (Fsp3) is 0.595. The number of nitrogens with zero attached hydrogens (tertiary/aromatic N) is 2. The second-order valence-electron chi connectivity index (χ2n) is 16.0. The first-order chi connectivity index (χ1) is 18.6. The van der Waals surface area contributed by atoms with Crippen LogP contribution < -0.4 is 14.0 Å². The predicted octanol–water partition coefficient (Wildman–Crippen LogP) is 9.20. The molecule has 1 heterocycles. The number of benzene rings is 2. The van der Waals surface area contributed by atoms with Gasteiger partial charge in [-0.25, -0.2) is 9.13 Å². The maximum atomic E-state index is 6.02. The van der Waals surface area contributed by atoms with Crippen LogP contribution in [-0.2, 0) is 21.7 Å². The molecule has 4 heteroatoms. The molecule has 0 amide bonds. The van der Waals surface area contributed by atoms with E-state index in [0.29, 0.717) is 0 Å². The molecule has 3 rings (SSSR count). The van der Waals surface area contributed by atoms with Crippen LogP contribution in [0.5, 0.6) is 11.5 Å². The highest BCUT2D eigenvalue weighted by Gasteiger charge is 2.31. The molecule has 0 spiro atoms.